The number of hydrogen-bond acceptors (Lipinski definition) is 3. The van der Waals surface area contributed by atoms with Crippen LogP contribution in [0.2, 0.25) is 0 Å². The van der Waals surface area contributed by atoms with E-state index in [2.05, 4.69) is 16.5 Å². The smallest absolute Gasteiger partial charge is 0.00255 e. The Morgan fingerprint density at radius 1 is 1.31 bits per heavy atom. The zero-order valence-electron chi connectivity index (χ0n) is 8.46. The normalized spacial score (nSPS) is 33.9. The quantitative estimate of drug-likeness (QED) is 0.679. The summed E-state index contributed by atoms with van der Waals surface area (Å²) in [5.41, 5.74) is 0. The first kappa shape index (κ1) is 9.81. The molecule has 0 amide bonds. The molecule has 0 unspecified atom stereocenters. The molecular weight excluding hydrogens is 180 g/mol. The van der Waals surface area contributed by atoms with E-state index in [0.29, 0.717) is 0 Å². The topological polar surface area (TPSA) is 15.3 Å². The van der Waals surface area contributed by atoms with Gasteiger partial charge in [-0.25, -0.2) is 0 Å². The number of rotatable bonds is 4. The van der Waals surface area contributed by atoms with Gasteiger partial charge in [-0.3, -0.25) is 0 Å². The van der Waals surface area contributed by atoms with E-state index in [9.17, 15) is 0 Å². The van der Waals surface area contributed by atoms with E-state index >= 15 is 0 Å². The van der Waals surface area contributed by atoms with Gasteiger partial charge in [-0.15, -0.1) is 0 Å². The lowest BCUT2D eigenvalue weighted by molar-refractivity contribution is 0.315. The summed E-state index contributed by atoms with van der Waals surface area (Å²) in [7, 11) is 0. The van der Waals surface area contributed by atoms with E-state index in [-0.39, 0.29) is 0 Å². The molecule has 0 spiro atoms. The van der Waals surface area contributed by atoms with Crippen molar-refractivity contribution in [3.63, 3.8) is 0 Å². The molecule has 2 nitrogen and oxygen atoms in total. The second-order valence-electron chi connectivity index (χ2n) is 4.28. The molecule has 0 radical (unpaired) electrons. The van der Waals surface area contributed by atoms with Crippen LogP contribution in [0.5, 0.6) is 0 Å². The third-order valence-corrected chi connectivity index (χ3v) is 3.98. The fourth-order valence-electron chi connectivity index (χ4n) is 2.57. The molecule has 0 aromatic carbocycles. The highest BCUT2D eigenvalue weighted by atomic mass is 32.2. The predicted molar refractivity (Wildman–Crippen MR) is 59.3 cm³/mol. The Balaban J connectivity index is 1.67. The number of nitrogens with one attached hydrogen (secondary N) is 1. The van der Waals surface area contributed by atoms with E-state index in [1.54, 1.807) is 0 Å². The van der Waals surface area contributed by atoms with Crippen molar-refractivity contribution in [3.05, 3.63) is 0 Å². The second kappa shape index (κ2) is 4.67. The first-order chi connectivity index (χ1) is 6.40. The molecule has 3 heteroatoms. The molecule has 0 aliphatic carbocycles. The average Bonchev–Trinajstić information content (AvgIpc) is 2.64. The molecule has 2 saturated heterocycles. The Labute approximate surface area is 85.4 Å². The number of fused-ring (bicyclic) bond motifs is 1. The summed E-state index contributed by atoms with van der Waals surface area (Å²) in [6.07, 6.45) is 3.57. The van der Waals surface area contributed by atoms with E-state index in [1.165, 1.54) is 44.9 Å². The zero-order chi connectivity index (χ0) is 9.10. The van der Waals surface area contributed by atoms with Gasteiger partial charge in [-0.1, -0.05) is 0 Å². The minimum Gasteiger partial charge on any atom is -0.316 e. The van der Waals surface area contributed by atoms with Gasteiger partial charge >= 0.3 is 0 Å². The Bertz CT molecular complexity index is 151. The number of thioether (sulfide) groups is 1. The van der Waals surface area contributed by atoms with Gasteiger partial charge < -0.3 is 10.2 Å². The molecule has 0 saturated carbocycles. The summed E-state index contributed by atoms with van der Waals surface area (Å²) >= 11 is 1.97. The lowest BCUT2D eigenvalue weighted by Gasteiger charge is -2.16. The van der Waals surface area contributed by atoms with Crippen molar-refractivity contribution in [2.75, 3.05) is 44.7 Å². The monoisotopic (exact) mass is 200 g/mol. The van der Waals surface area contributed by atoms with Crippen molar-refractivity contribution >= 4 is 11.8 Å². The van der Waals surface area contributed by atoms with Crippen LogP contribution in [0, 0.1) is 11.8 Å². The largest absolute Gasteiger partial charge is 0.316 e. The molecule has 0 aromatic heterocycles. The van der Waals surface area contributed by atoms with Gasteiger partial charge in [0.05, 0.1) is 0 Å². The fourth-order valence-corrected chi connectivity index (χ4v) is 2.99. The molecular formula is C10H20N2S. The van der Waals surface area contributed by atoms with Gasteiger partial charge in [0.1, 0.15) is 0 Å². The predicted octanol–water partition coefficient (Wildman–Crippen LogP) is 0.891. The highest BCUT2D eigenvalue weighted by Gasteiger charge is 2.35. The molecule has 76 valence electrons. The van der Waals surface area contributed by atoms with Crippen LogP contribution in [0.1, 0.15) is 6.42 Å². The van der Waals surface area contributed by atoms with E-state index in [1.807, 2.05) is 11.8 Å². The summed E-state index contributed by atoms with van der Waals surface area (Å²) < 4.78 is 0. The van der Waals surface area contributed by atoms with Crippen LogP contribution in [-0.4, -0.2) is 49.6 Å². The maximum Gasteiger partial charge on any atom is 0.00255 e. The third kappa shape index (κ3) is 2.39. The molecule has 2 heterocycles. The fraction of sp³-hybridized carbons (Fsp3) is 1.00. The van der Waals surface area contributed by atoms with E-state index in [0.717, 1.165) is 11.8 Å². The van der Waals surface area contributed by atoms with E-state index in [4.69, 9.17) is 0 Å². The van der Waals surface area contributed by atoms with Gasteiger partial charge in [0.25, 0.3) is 0 Å². The van der Waals surface area contributed by atoms with Crippen molar-refractivity contribution < 1.29 is 0 Å². The van der Waals surface area contributed by atoms with Crippen molar-refractivity contribution in [1.82, 2.24) is 10.2 Å². The second-order valence-corrected chi connectivity index (χ2v) is 5.27. The lowest BCUT2D eigenvalue weighted by atomic mass is 10.0. The van der Waals surface area contributed by atoms with Crippen LogP contribution in [0.3, 0.4) is 0 Å². The van der Waals surface area contributed by atoms with Gasteiger partial charge in [-0.2, -0.15) is 11.8 Å². The zero-order valence-corrected chi connectivity index (χ0v) is 9.28. The summed E-state index contributed by atoms with van der Waals surface area (Å²) in [4.78, 5) is 2.66. The van der Waals surface area contributed by atoms with Crippen LogP contribution in [0.25, 0.3) is 0 Å². The summed E-state index contributed by atoms with van der Waals surface area (Å²) in [6.45, 7) is 6.57. The average molecular weight is 200 g/mol. The standard InChI is InChI=1S/C10H20N2S/c1-13-4-2-3-12-7-9-5-11-6-10(9)8-12/h9-11H,2-8H2,1H3/t9-,10+. The molecule has 0 bridgehead atoms. The molecule has 1 N–H and O–H groups in total. The van der Waals surface area contributed by atoms with Crippen LogP contribution in [0.15, 0.2) is 0 Å². The summed E-state index contributed by atoms with van der Waals surface area (Å²) in [5, 5.41) is 3.48. The molecule has 2 rings (SSSR count). The van der Waals surface area contributed by atoms with Crippen molar-refractivity contribution in [1.29, 1.82) is 0 Å². The minimum absolute atomic E-state index is 0.967. The maximum atomic E-state index is 3.48. The summed E-state index contributed by atoms with van der Waals surface area (Å²) in [5.74, 6) is 3.26. The van der Waals surface area contributed by atoms with Crippen LogP contribution in [0.4, 0.5) is 0 Å². The molecule has 2 atom stereocenters. The summed E-state index contributed by atoms with van der Waals surface area (Å²) in [6, 6.07) is 0. The highest BCUT2D eigenvalue weighted by Crippen LogP contribution is 2.26. The van der Waals surface area contributed by atoms with Crippen LogP contribution >= 0.6 is 11.8 Å². The minimum atomic E-state index is 0.967. The Hall–Kier alpha value is 0.270. The van der Waals surface area contributed by atoms with Crippen molar-refractivity contribution in [2.45, 2.75) is 6.42 Å². The van der Waals surface area contributed by atoms with Gasteiger partial charge in [0.2, 0.25) is 0 Å². The first-order valence-corrected chi connectivity index (χ1v) is 6.71. The number of nitrogens with zero attached hydrogens (tertiary/aromatic N) is 1. The van der Waals surface area contributed by atoms with Crippen molar-refractivity contribution in [2.24, 2.45) is 11.8 Å². The molecule has 0 aromatic rings. The molecule has 2 fully saturated rings. The van der Waals surface area contributed by atoms with E-state index < -0.39 is 0 Å². The van der Waals surface area contributed by atoms with Crippen molar-refractivity contribution in [3.8, 4) is 0 Å². The Morgan fingerprint density at radius 2 is 2.00 bits per heavy atom. The molecule has 2 aliphatic rings. The van der Waals surface area contributed by atoms with Crippen LogP contribution < -0.4 is 5.32 Å². The SMILES string of the molecule is CSCCCN1C[C@H]2CNC[C@H]2C1. The lowest BCUT2D eigenvalue weighted by Crippen LogP contribution is -2.26. The van der Waals surface area contributed by atoms with Gasteiger partial charge in [0, 0.05) is 13.1 Å². The number of likely N-dealkylation sites (tertiary alicyclic amines) is 1. The Morgan fingerprint density at radius 3 is 2.62 bits per heavy atom. The number of hydrogen-bond donors (Lipinski definition) is 1. The van der Waals surface area contributed by atoms with Gasteiger partial charge in [-0.05, 0) is 49.9 Å². The van der Waals surface area contributed by atoms with Crippen LogP contribution in [-0.2, 0) is 0 Å². The highest BCUT2D eigenvalue weighted by molar-refractivity contribution is 7.98. The molecule has 13 heavy (non-hydrogen) atoms. The Kier molecular flexibility index (Phi) is 3.52. The van der Waals surface area contributed by atoms with Gasteiger partial charge in [0.15, 0.2) is 0 Å². The molecule has 2 aliphatic heterocycles. The maximum absolute atomic E-state index is 3.48. The first-order valence-electron chi connectivity index (χ1n) is 5.32. The third-order valence-electron chi connectivity index (χ3n) is 3.29.